The quantitative estimate of drug-likeness (QED) is 0.888. The topological polar surface area (TPSA) is 55.1 Å². The van der Waals surface area contributed by atoms with Gasteiger partial charge in [0.1, 0.15) is 0 Å². The average Bonchev–Trinajstić information content (AvgIpc) is 2.86. The fourth-order valence-corrected chi connectivity index (χ4v) is 3.45. The van der Waals surface area contributed by atoms with E-state index in [4.69, 9.17) is 11.6 Å². The van der Waals surface area contributed by atoms with Gasteiger partial charge in [-0.1, -0.05) is 32.4 Å². The van der Waals surface area contributed by atoms with E-state index in [2.05, 4.69) is 25.9 Å². The number of benzene rings is 1. The molecule has 0 bridgehead atoms. The van der Waals surface area contributed by atoms with Crippen LogP contribution >= 0.6 is 11.6 Å². The highest BCUT2D eigenvalue weighted by atomic mass is 35.5. The molecular weight excluding hydrogens is 312 g/mol. The number of halogens is 1. The van der Waals surface area contributed by atoms with Gasteiger partial charge >= 0.3 is 5.97 Å². The molecule has 0 radical (unpaired) electrons. The number of aromatic nitrogens is 2. The van der Waals surface area contributed by atoms with Crippen molar-refractivity contribution < 1.29 is 9.90 Å². The van der Waals surface area contributed by atoms with Crippen LogP contribution in [0.15, 0.2) is 24.3 Å². The molecule has 0 saturated carbocycles. The van der Waals surface area contributed by atoms with Crippen LogP contribution in [0.5, 0.6) is 0 Å². The molecule has 1 N–H and O–H groups in total. The standard InChI is InChI=1S/C18H21ClN2O2/c1-18(2,3)11-4-9-15-14(10-11)16(17(22)23)20-21(15)13-7-5-12(19)6-8-13/h5-8,11H,4,9-10H2,1-3H3,(H,22,23). The van der Waals surface area contributed by atoms with Gasteiger partial charge in [-0.2, -0.15) is 5.10 Å². The van der Waals surface area contributed by atoms with Gasteiger partial charge in [0.25, 0.3) is 0 Å². The summed E-state index contributed by atoms with van der Waals surface area (Å²) < 4.78 is 1.77. The van der Waals surface area contributed by atoms with Gasteiger partial charge in [-0.25, -0.2) is 9.48 Å². The van der Waals surface area contributed by atoms with Crippen LogP contribution < -0.4 is 0 Å². The molecule has 0 spiro atoms. The summed E-state index contributed by atoms with van der Waals surface area (Å²) in [4.78, 5) is 11.6. The van der Waals surface area contributed by atoms with E-state index in [0.29, 0.717) is 10.9 Å². The van der Waals surface area contributed by atoms with Gasteiger partial charge in [-0.05, 0) is 54.9 Å². The Labute approximate surface area is 141 Å². The number of nitrogens with zero attached hydrogens (tertiary/aromatic N) is 2. The van der Waals surface area contributed by atoms with Gasteiger partial charge in [-0.15, -0.1) is 0 Å². The molecule has 4 nitrogen and oxygen atoms in total. The van der Waals surface area contributed by atoms with Crippen LogP contribution in [0.25, 0.3) is 5.69 Å². The number of aromatic carboxylic acids is 1. The maximum atomic E-state index is 11.6. The number of hydrogen-bond donors (Lipinski definition) is 1. The Morgan fingerprint density at radius 2 is 1.96 bits per heavy atom. The van der Waals surface area contributed by atoms with E-state index < -0.39 is 5.97 Å². The van der Waals surface area contributed by atoms with Crippen LogP contribution in [0.1, 0.15) is 48.9 Å². The molecule has 3 rings (SSSR count). The smallest absolute Gasteiger partial charge is 0.356 e. The zero-order chi connectivity index (χ0) is 16.8. The minimum absolute atomic E-state index is 0.163. The molecule has 0 saturated heterocycles. The normalized spacial score (nSPS) is 17.8. The van der Waals surface area contributed by atoms with Crippen molar-refractivity contribution >= 4 is 17.6 Å². The maximum absolute atomic E-state index is 11.6. The molecular formula is C18H21ClN2O2. The Bertz CT molecular complexity index is 742. The van der Waals surface area contributed by atoms with Crippen LogP contribution in [0.2, 0.25) is 5.02 Å². The van der Waals surface area contributed by atoms with Gasteiger partial charge in [0, 0.05) is 16.3 Å². The van der Waals surface area contributed by atoms with Crippen molar-refractivity contribution in [1.82, 2.24) is 9.78 Å². The molecule has 1 atom stereocenters. The van der Waals surface area contributed by atoms with Crippen molar-refractivity contribution in [2.75, 3.05) is 0 Å². The lowest BCUT2D eigenvalue weighted by Crippen LogP contribution is -2.27. The maximum Gasteiger partial charge on any atom is 0.356 e. The lowest BCUT2D eigenvalue weighted by Gasteiger charge is -2.34. The summed E-state index contributed by atoms with van der Waals surface area (Å²) >= 11 is 5.94. The van der Waals surface area contributed by atoms with Gasteiger partial charge in [0.15, 0.2) is 5.69 Å². The zero-order valence-corrected chi connectivity index (χ0v) is 14.4. The van der Waals surface area contributed by atoms with Crippen LogP contribution in [0.3, 0.4) is 0 Å². The number of carboxylic acids is 1. The van der Waals surface area contributed by atoms with Crippen LogP contribution in [0.4, 0.5) is 0 Å². The Morgan fingerprint density at radius 1 is 1.30 bits per heavy atom. The van der Waals surface area contributed by atoms with Crippen molar-refractivity contribution in [2.45, 2.75) is 40.0 Å². The third-order valence-electron chi connectivity index (χ3n) is 4.77. The molecule has 1 aromatic heterocycles. The van der Waals surface area contributed by atoms with E-state index >= 15 is 0 Å². The third-order valence-corrected chi connectivity index (χ3v) is 5.02. The molecule has 23 heavy (non-hydrogen) atoms. The van der Waals surface area contributed by atoms with E-state index in [1.165, 1.54) is 0 Å². The Kier molecular flexibility index (Phi) is 3.96. The number of rotatable bonds is 2. The lowest BCUT2D eigenvalue weighted by molar-refractivity contribution is 0.0687. The molecule has 1 unspecified atom stereocenters. The van der Waals surface area contributed by atoms with Crippen molar-refractivity contribution in [1.29, 1.82) is 0 Å². The molecule has 1 aliphatic carbocycles. The summed E-state index contributed by atoms with van der Waals surface area (Å²) in [5.41, 5.74) is 3.11. The van der Waals surface area contributed by atoms with Crippen molar-refractivity contribution in [3.8, 4) is 5.69 Å². The highest BCUT2D eigenvalue weighted by Gasteiger charge is 2.34. The summed E-state index contributed by atoms with van der Waals surface area (Å²) in [7, 11) is 0. The minimum atomic E-state index is -0.955. The first-order chi connectivity index (χ1) is 10.8. The first-order valence-corrected chi connectivity index (χ1v) is 8.25. The van der Waals surface area contributed by atoms with Crippen molar-refractivity contribution in [3.63, 3.8) is 0 Å². The largest absolute Gasteiger partial charge is 0.476 e. The zero-order valence-electron chi connectivity index (χ0n) is 13.6. The fourth-order valence-electron chi connectivity index (χ4n) is 3.32. The third kappa shape index (κ3) is 3.00. The molecule has 5 heteroatoms. The van der Waals surface area contributed by atoms with Gasteiger partial charge in [0.2, 0.25) is 0 Å². The average molecular weight is 333 g/mol. The molecule has 1 aromatic carbocycles. The summed E-state index contributed by atoms with van der Waals surface area (Å²) in [6, 6.07) is 7.34. The van der Waals surface area contributed by atoms with Crippen LogP contribution in [-0.4, -0.2) is 20.9 Å². The summed E-state index contributed by atoms with van der Waals surface area (Å²) in [6.07, 6.45) is 2.67. The predicted octanol–water partition coefficient (Wildman–Crippen LogP) is 4.37. The molecule has 1 aliphatic rings. The monoisotopic (exact) mass is 332 g/mol. The van der Waals surface area contributed by atoms with E-state index in [0.717, 1.165) is 36.2 Å². The lowest BCUT2D eigenvalue weighted by atomic mass is 9.71. The number of carbonyl (C=O) groups is 1. The van der Waals surface area contributed by atoms with Gasteiger partial charge in [0.05, 0.1) is 5.69 Å². The number of fused-ring (bicyclic) bond motifs is 1. The second-order valence-corrected chi connectivity index (χ2v) is 7.71. The molecule has 2 aromatic rings. The number of hydrogen-bond acceptors (Lipinski definition) is 2. The Morgan fingerprint density at radius 3 is 2.52 bits per heavy atom. The van der Waals surface area contributed by atoms with Crippen LogP contribution in [-0.2, 0) is 12.8 Å². The Balaban J connectivity index is 2.08. The van der Waals surface area contributed by atoms with Gasteiger partial charge < -0.3 is 5.11 Å². The molecule has 122 valence electrons. The molecule has 0 fully saturated rings. The van der Waals surface area contributed by atoms with Crippen LogP contribution in [0, 0.1) is 11.3 Å². The van der Waals surface area contributed by atoms with Crippen molar-refractivity contribution in [3.05, 3.63) is 46.2 Å². The minimum Gasteiger partial charge on any atom is -0.476 e. The summed E-state index contributed by atoms with van der Waals surface area (Å²) in [5, 5.41) is 14.6. The SMILES string of the molecule is CC(C)(C)C1CCc2c(c(C(=O)O)nn2-c2ccc(Cl)cc2)C1. The van der Waals surface area contributed by atoms with Crippen molar-refractivity contribution in [2.24, 2.45) is 11.3 Å². The summed E-state index contributed by atoms with van der Waals surface area (Å²) in [5.74, 6) is -0.487. The van der Waals surface area contributed by atoms with E-state index in [1.807, 2.05) is 12.1 Å². The van der Waals surface area contributed by atoms with E-state index in [9.17, 15) is 9.90 Å². The highest BCUT2D eigenvalue weighted by Crippen LogP contribution is 2.39. The first-order valence-electron chi connectivity index (χ1n) is 7.87. The number of carboxylic acid groups (broad SMARTS) is 1. The summed E-state index contributed by atoms with van der Waals surface area (Å²) in [6.45, 7) is 6.64. The molecule has 0 amide bonds. The van der Waals surface area contributed by atoms with E-state index in [-0.39, 0.29) is 11.1 Å². The second kappa shape index (κ2) is 5.68. The molecule has 0 aliphatic heterocycles. The molecule has 1 heterocycles. The highest BCUT2D eigenvalue weighted by molar-refractivity contribution is 6.30. The van der Waals surface area contributed by atoms with Gasteiger partial charge in [-0.3, -0.25) is 0 Å². The predicted molar refractivity (Wildman–Crippen MR) is 90.5 cm³/mol. The first kappa shape index (κ1) is 16.1. The Hall–Kier alpha value is -1.81. The fraction of sp³-hybridized carbons (Fsp3) is 0.444. The second-order valence-electron chi connectivity index (χ2n) is 7.27. The van der Waals surface area contributed by atoms with E-state index in [1.54, 1.807) is 16.8 Å².